The second kappa shape index (κ2) is 5.92. The van der Waals surface area contributed by atoms with Gasteiger partial charge in [-0.15, -0.1) is 10.2 Å². The summed E-state index contributed by atoms with van der Waals surface area (Å²) >= 11 is 0. The summed E-state index contributed by atoms with van der Waals surface area (Å²) in [4.78, 5) is 8.71. The molecule has 1 unspecified atom stereocenters. The van der Waals surface area contributed by atoms with Crippen LogP contribution in [0.3, 0.4) is 0 Å². The van der Waals surface area contributed by atoms with Crippen LogP contribution < -0.4 is 5.32 Å². The van der Waals surface area contributed by atoms with E-state index in [4.69, 9.17) is 0 Å². The predicted octanol–water partition coefficient (Wildman–Crippen LogP) is 2.00. The van der Waals surface area contributed by atoms with E-state index in [1.165, 1.54) is 0 Å². The van der Waals surface area contributed by atoms with Gasteiger partial charge in [-0.1, -0.05) is 0 Å². The summed E-state index contributed by atoms with van der Waals surface area (Å²) in [6.45, 7) is 1.84. The lowest BCUT2D eigenvalue weighted by Crippen LogP contribution is -2.33. The first-order chi connectivity index (χ1) is 12.3. The van der Waals surface area contributed by atoms with Gasteiger partial charge in [0.2, 0.25) is 0 Å². The molecule has 0 fully saturated rings. The maximum atomic E-state index is 13.0. The van der Waals surface area contributed by atoms with Gasteiger partial charge in [-0.2, -0.15) is 18.3 Å². The molecule has 1 atom stereocenters. The number of hydrogen-bond acceptors (Lipinski definition) is 6. The Morgan fingerprint density at radius 2 is 2.08 bits per heavy atom. The summed E-state index contributed by atoms with van der Waals surface area (Å²) in [5.41, 5.74) is 0.681. The van der Waals surface area contributed by atoms with Crippen molar-refractivity contribution in [2.75, 3.05) is 5.32 Å². The van der Waals surface area contributed by atoms with Crippen LogP contribution in [-0.2, 0) is 26.6 Å². The Morgan fingerprint density at radius 3 is 2.85 bits per heavy atom. The number of nitrogens with one attached hydrogen (secondary N) is 1. The fraction of sp³-hybridized carbons (Fsp3) is 0.533. The quantitative estimate of drug-likeness (QED) is 0.763. The fourth-order valence-corrected chi connectivity index (χ4v) is 3.21. The summed E-state index contributed by atoms with van der Waals surface area (Å²) in [5.74, 6) is 0.830. The maximum absolute atomic E-state index is 13.0. The van der Waals surface area contributed by atoms with E-state index in [1.54, 1.807) is 29.4 Å². The highest BCUT2D eigenvalue weighted by Crippen LogP contribution is 2.34. The topological polar surface area (TPSA) is 86.3 Å². The Bertz CT molecular complexity index is 958. The molecule has 8 nitrogen and oxygen atoms in total. The minimum Gasteiger partial charge on any atom is -0.362 e. The van der Waals surface area contributed by atoms with E-state index >= 15 is 0 Å². The number of anilines is 1. The Kier molecular flexibility index (Phi) is 3.81. The molecule has 0 aliphatic carbocycles. The number of aromatic nitrogens is 7. The summed E-state index contributed by atoms with van der Waals surface area (Å²) in [6, 6.07) is 0. The Morgan fingerprint density at radius 1 is 1.27 bits per heavy atom. The van der Waals surface area contributed by atoms with Crippen LogP contribution in [0.5, 0.6) is 0 Å². The van der Waals surface area contributed by atoms with Crippen LogP contribution in [0.15, 0.2) is 6.20 Å². The molecule has 0 saturated heterocycles. The van der Waals surface area contributed by atoms with Crippen molar-refractivity contribution in [2.24, 2.45) is 13.0 Å². The summed E-state index contributed by atoms with van der Waals surface area (Å²) in [5, 5.41) is 16.1. The zero-order valence-corrected chi connectivity index (χ0v) is 14.2. The molecule has 1 aliphatic rings. The smallest absolute Gasteiger partial charge is 0.362 e. The Labute approximate surface area is 146 Å². The summed E-state index contributed by atoms with van der Waals surface area (Å²) in [7, 11) is 1.78. The van der Waals surface area contributed by atoms with E-state index in [9.17, 15) is 13.2 Å². The van der Waals surface area contributed by atoms with E-state index in [2.05, 4.69) is 30.6 Å². The first-order valence-corrected chi connectivity index (χ1v) is 8.21. The van der Waals surface area contributed by atoms with E-state index in [1.807, 2.05) is 0 Å². The first kappa shape index (κ1) is 16.7. The average molecular weight is 366 g/mol. The van der Waals surface area contributed by atoms with Gasteiger partial charge < -0.3 is 9.88 Å². The van der Waals surface area contributed by atoms with Gasteiger partial charge in [-0.25, -0.2) is 9.97 Å². The third-order valence-electron chi connectivity index (χ3n) is 4.60. The van der Waals surface area contributed by atoms with Crippen LogP contribution in [0, 0.1) is 12.8 Å². The summed E-state index contributed by atoms with van der Waals surface area (Å²) < 4.78 is 42.3. The van der Waals surface area contributed by atoms with Gasteiger partial charge in [0.05, 0.1) is 24.0 Å². The first-order valence-electron chi connectivity index (χ1n) is 8.21. The largest absolute Gasteiger partial charge is 0.393 e. The van der Waals surface area contributed by atoms with Gasteiger partial charge >= 0.3 is 6.18 Å². The molecule has 3 aromatic rings. The third kappa shape index (κ3) is 2.86. The van der Waals surface area contributed by atoms with Crippen molar-refractivity contribution in [3.8, 4) is 0 Å². The molecule has 0 saturated carbocycles. The number of halogens is 3. The zero-order chi connectivity index (χ0) is 18.5. The van der Waals surface area contributed by atoms with Gasteiger partial charge in [-0.05, 0) is 13.3 Å². The molecule has 0 aromatic carbocycles. The van der Waals surface area contributed by atoms with Crippen molar-refractivity contribution in [3.63, 3.8) is 0 Å². The Balaban J connectivity index is 1.58. The minimum absolute atomic E-state index is 0.0521. The normalized spacial score (nSPS) is 17.5. The van der Waals surface area contributed by atoms with Crippen LogP contribution in [0.2, 0.25) is 0 Å². The lowest BCUT2D eigenvalue weighted by Gasteiger charge is -2.26. The molecule has 1 N–H and O–H groups in total. The van der Waals surface area contributed by atoms with E-state index < -0.39 is 12.1 Å². The van der Waals surface area contributed by atoms with Crippen LogP contribution in [0.25, 0.3) is 11.0 Å². The number of rotatable bonds is 3. The van der Waals surface area contributed by atoms with Crippen molar-refractivity contribution in [2.45, 2.75) is 39.0 Å². The van der Waals surface area contributed by atoms with Gasteiger partial charge in [-0.3, -0.25) is 4.68 Å². The van der Waals surface area contributed by atoms with Gasteiger partial charge in [0.25, 0.3) is 0 Å². The molecular formula is C15H17F3N8. The SMILES string of the molecule is Cc1nc(NCc2nnc3n2CC(C(F)(F)F)CC3)c2cnn(C)c2n1. The maximum Gasteiger partial charge on any atom is 0.393 e. The zero-order valence-electron chi connectivity index (χ0n) is 14.2. The molecule has 138 valence electrons. The predicted molar refractivity (Wildman–Crippen MR) is 86.3 cm³/mol. The minimum atomic E-state index is -4.21. The molecule has 4 heterocycles. The molecule has 0 bridgehead atoms. The van der Waals surface area contributed by atoms with Crippen molar-refractivity contribution >= 4 is 16.9 Å². The molecule has 11 heteroatoms. The van der Waals surface area contributed by atoms with Crippen LogP contribution >= 0.6 is 0 Å². The lowest BCUT2D eigenvalue weighted by molar-refractivity contribution is -0.182. The molecule has 26 heavy (non-hydrogen) atoms. The molecule has 4 rings (SSSR count). The molecule has 0 amide bonds. The van der Waals surface area contributed by atoms with Crippen LogP contribution in [0.4, 0.5) is 19.0 Å². The van der Waals surface area contributed by atoms with E-state index in [-0.39, 0.29) is 25.9 Å². The van der Waals surface area contributed by atoms with Crippen LogP contribution in [0.1, 0.15) is 23.9 Å². The standard InChI is InChI=1S/C15H17F3N8/c1-8-21-13(10-5-20-25(2)14(10)22-8)19-6-12-24-23-11-4-3-9(7-26(11)12)15(16,17)18/h5,9H,3-4,6-7H2,1-2H3,(H,19,21,22). The molecule has 1 aliphatic heterocycles. The summed E-state index contributed by atoms with van der Waals surface area (Å²) in [6.07, 6.45) is -2.23. The second-order valence-corrected chi connectivity index (χ2v) is 6.40. The monoisotopic (exact) mass is 366 g/mol. The van der Waals surface area contributed by atoms with Crippen molar-refractivity contribution in [3.05, 3.63) is 23.7 Å². The van der Waals surface area contributed by atoms with E-state index in [0.717, 1.165) is 5.39 Å². The highest BCUT2D eigenvalue weighted by atomic mass is 19.4. The molecular weight excluding hydrogens is 349 g/mol. The number of fused-ring (bicyclic) bond motifs is 2. The second-order valence-electron chi connectivity index (χ2n) is 6.40. The van der Waals surface area contributed by atoms with E-state index in [0.29, 0.717) is 28.9 Å². The number of nitrogens with zero attached hydrogens (tertiary/aromatic N) is 7. The number of aryl methyl sites for hydroxylation is 3. The van der Waals surface area contributed by atoms with Crippen molar-refractivity contribution in [1.29, 1.82) is 0 Å². The number of hydrogen-bond donors (Lipinski definition) is 1. The Hall–Kier alpha value is -2.72. The lowest BCUT2D eigenvalue weighted by atomic mass is 9.99. The molecule has 0 spiro atoms. The van der Waals surface area contributed by atoms with Crippen molar-refractivity contribution < 1.29 is 13.2 Å². The fourth-order valence-electron chi connectivity index (χ4n) is 3.21. The van der Waals surface area contributed by atoms with Crippen molar-refractivity contribution in [1.82, 2.24) is 34.5 Å². The van der Waals surface area contributed by atoms with Gasteiger partial charge in [0, 0.05) is 20.0 Å². The highest BCUT2D eigenvalue weighted by molar-refractivity contribution is 5.86. The van der Waals surface area contributed by atoms with Gasteiger partial charge in [0.15, 0.2) is 11.5 Å². The number of alkyl halides is 3. The third-order valence-corrected chi connectivity index (χ3v) is 4.60. The van der Waals surface area contributed by atoms with Gasteiger partial charge in [0.1, 0.15) is 17.5 Å². The highest BCUT2D eigenvalue weighted by Gasteiger charge is 2.42. The van der Waals surface area contributed by atoms with Crippen LogP contribution in [-0.4, -0.2) is 40.7 Å². The molecule has 3 aromatic heterocycles. The molecule has 0 radical (unpaired) electrons. The average Bonchev–Trinajstić information content (AvgIpc) is 3.15.